The minimum atomic E-state index is -0.283. The summed E-state index contributed by atoms with van der Waals surface area (Å²) in [5.74, 6) is 2.73. The van der Waals surface area contributed by atoms with Crippen molar-refractivity contribution in [3.63, 3.8) is 0 Å². The van der Waals surface area contributed by atoms with Crippen LogP contribution in [0.4, 0.5) is 16.0 Å². The molecule has 0 spiro atoms. The zero-order chi connectivity index (χ0) is 20.1. The van der Waals surface area contributed by atoms with Crippen LogP contribution < -0.4 is 15.1 Å². The van der Waals surface area contributed by atoms with Crippen molar-refractivity contribution in [2.45, 2.75) is 19.4 Å². The van der Waals surface area contributed by atoms with Gasteiger partial charge in [0.25, 0.3) is 0 Å². The number of anilines is 2. The maximum atomic E-state index is 13.7. The van der Waals surface area contributed by atoms with E-state index in [0.717, 1.165) is 62.2 Å². The van der Waals surface area contributed by atoms with Gasteiger partial charge in [-0.2, -0.15) is 11.8 Å². The molecule has 29 heavy (non-hydrogen) atoms. The summed E-state index contributed by atoms with van der Waals surface area (Å²) in [6.07, 6.45) is 5.33. The molecule has 0 unspecified atom stereocenters. The number of halogens is 1. The minimum absolute atomic E-state index is 0.00229. The molecule has 154 valence electrons. The van der Waals surface area contributed by atoms with Crippen LogP contribution in [0.2, 0.25) is 0 Å². The van der Waals surface area contributed by atoms with Crippen LogP contribution in [0, 0.1) is 11.7 Å². The molecule has 0 bridgehead atoms. The van der Waals surface area contributed by atoms with Crippen LogP contribution in [0.15, 0.2) is 36.7 Å². The third-order valence-electron chi connectivity index (χ3n) is 5.56. The van der Waals surface area contributed by atoms with Crippen molar-refractivity contribution in [3.8, 4) is 0 Å². The number of hydrogen-bond acceptors (Lipinski definition) is 6. The molecule has 8 heteroatoms. The molecule has 0 saturated carbocycles. The first-order chi connectivity index (χ1) is 14.2. The quantitative estimate of drug-likeness (QED) is 0.810. The van der Waals surface area contributed by atoms with E-state index in [1.807, 2.05) is 24.2 Å². The number of carbonyl (C=O) groups excluding carboxylic acids is 1. The van der Waals surface area contributed by atoms with Crippen molar-refractivity contribution in [2.75, 3.05) is 47.5 Å². The van der Waals surface area contributed by atoms with E-state index in [4.69, 9.17) is 0 Å². The average molecular weight is 416 g/mol. The Kier molecular flexibility index (Phi) is 6.49. The fraction of sp³-hybridized carbons (Fsp3) is 0.476. The Morgan fingerprint density at radius 3 is 2.45 bits per heavy atom. The Morgan fingerprint density at radius 1 is 1.07 bits per heavy atom. The molecule has 4 rings (SSSR count). The van der Waals surface area contributed by atoms with Crippen molar-refractivity contribution in [1.29, 1.82) is 0 Å². The smallest absolute Gasteiger partial charge is 0.225 e. The number of nitrogens with zero attached hydrogens (tertiary/aromatic N) is 4. The fourth-order valence-corrected chi connectivity index (χ4v) is 4.68. The number of benzene rings is 1. The molecule has 3 heterocycles. The minimum Gasteiger partial charge on any atom is -0.369 e. The highest BCUT2D eigenvalue weighted by atomic mass is 32.2. The summed E-state index contributed by atoms with van der Waals surface area (Å²) >= 11 is 1.97. The Balaban J connectivity index is 1.26. The van der Waals surface area contributed by atoms with Gasteiger partial charge in [-0.25, -0.2) is 14.4 Å². The first-order valence-corrected chi connectivity index (χ1v) is 11.3. The molecule has 6 nitrogen and oxygen atoms in total. The van der Waals surface area contributed by atoms with Gasteiger partial charge in [0, 0.05) is 55.7 Å². The second-order valence-corrected chi connectivity index (χ2v) is 8.64. The van der Waals surface area contributed by atoms with E-state index in [1.54, 1.807) is 18.2 Å². The molecule has 2 aliphatic heterocycles. The number of amides is 1. The summed E-state index contributed by atoms with van der Waals surface area (Å²) in [7, 11) is 0. The fourth-order valence-electron chi connectivity index (χ4n) is 3.77. The Morgan fingerprint density at radius 2 is 1.76 bits per heavy atom. The zero-order valence-electron chi connectivity index (χ0n) is 16.4. The average Bonchev–Trinajstić information content (AvgIpc) is 2.79. The van der Waals surface area contributed by atoms with Crippen LogP contribution in [0.5, 0.6) is 0 Å². The highest BCUT2D eigenvalue weighted by Crippen LogP contribution is 2.24. The number of thioether (sulfide) groups is 1. The van der Waals surface area contributed by atoms with Gasteiger partial charge < -0.3 is 15.1 Å². The van der Waals surface area contributed by atoms with Gasteiger partial charge >= 0.3 is 0 Å². The van der Waals surface area contributed by atoms with E-state index >= 15 is 0 Å². The summed E-state index contributed by atoms with van der Waals surface area (Å²) in [5.41, 5.74) is 1.52. The van der Waals surface area contributed by atoms with Crippen LogP contribution in [0.3, 0.4) is 0 Å². The van der Waals surface area contributed by atoms with Crippen LogP contribution in [-0.4, -0.2) is 53.6 Å². The van der Waals surface area contributed by atoms with Gasteiger partial charge in [-0.15, -0.1) is 0 Å². The third-order valence-corrected chi connectivity index (χ3v) is 6.50. The van der Waals surface area contributed by atoms with Crippen LogP contribution in [0.25, 0.3) is 0 Å². The van der Waals surface area contributed by atoms with E-state index in [9.17, 15) is 9.18 Å². The SMILES string of the molecule is O=C(NCc1ccccc1F)C1CCN(c2cnc(N3CCSCC3)nc2)CC1. The lowest BCUT2D eigenvalue weighted by molar-refractivity contribution is -0.125. The van der Waals surface area contributed by atoms with E-state index in [-0.39, 0.29) is 24.2 Å². The van der Waals surface area contributed by atoms with Gasteiger partial charge in [0.05, 0.1) is 18.1 Å². The highest BCUT2D eigenvalue weighted by Gasteiger charge is 2.25. The molecule has 1 N–H and O–H groups in total. The number of carbonyl (C=O) groups is 1. The van der Waals surface area contributed by atoms with E-state index in [0.29, 0.717) is 5.56 Å². The Hall–Kier alpha value is -2.35. The predicted octanol–water partition coefficient (Wildman–Crippen LogP) is 2.70. The molecule has 1 aromatic carbocycles. The lowest BCUT2D eigenvalue weighted by atomic mass is 9.95. The van der Waals surface area contributed by atoms with Crippen LogP contribution in [-0.2, 0) is 11.3 Å². The van der Waals surface area contributed by atoms with Gasteiger partial charge in [-0.3, -0.25) is 4.79 Å². The molecular formula is C21H26FN5OS. The first-order valence-electron chi connectivity index (χ1n) is 10.1. The van der Waals surface area contributed by atoms with Crippen molar-refractivity contribution >= 4 is 29.3 Å². The summed E-state index contributed by atoms with van der Waals surface area (Å²) < 4.78 is 13.7. The normalized spacial score (nSPS) is 18.0. The van der Waals surface area contributed by atoms with Crippen LogP contribution in [0.1, 0.15) is 18.4 Å². The second kappa shape index (κ2) is 9.43. The van der Waals surface area contributed by atoms with E-state index in [1.165, 1.54) is 6.07 Å². The summed E-state index contributed by atoms with van der Waals surface area (Å²) in [6, 6.07) is 6.54. The summed E-state index contributed by atoms with van der Waals surface area (Å²) in [6.45, 7) is 3.81. The molecule has 2 aromatic rings. The molecule has 0 atom stereocenters. The van der Waals surface area contributed by atoms with Gasteiger partial charge in [0.1, 0.15) is 5.82 Å². The standard InChI is InChI=1S/C21H26FN5OS/c22-19-4-2-1-3-17(19)13-23-20(28)16-5-7-26(8-6-16)18-14-24-21(25-15-18)27-9-11-29-12-10-27/h1-4,14-16H,5-13H2,(H,23,28). The molecular weight excluding hydrogens is 389 g/mol. The maximum Gasteiger partial charge on any atom is 0.225 e. The highest BCUT2D eigenvalue weighted by molar-refractivity contribution is 7.99. The Labute approximate surface area is 174 Å². The lowest BCUT2D eigenvalue weighted by Crippen LogP contribution is -2.40. The summed E-state index contributed by atoms with van der Waals surface area (Å²) in [5, 5.41) is 2.88. The monoisotopic (exact) mass is 415 g/mol. The number of hydrogen-bond donors (Lipinski definition) is 1. The first kappa shape index (κ1) is 19.9. The van der Waals surface area contributed by atoms with Crippen LogP contribution >= 0.6 is 11.8 Å². The lowest BCUT2D eigenvalue weighted by Gasteiger charge is -2.33. The molecule has 2 fully saturated rings. The van der Waals surface area contributed by atoms with Gasteiger partial charge in [0.15, 0.2) is 0 Å². The van der Waals surface area contributed by atoms with E-state index < -0.39 is 0 Å². The zero-order valence-corrected chi connectivity index (χ0v) is 17.2. The van der Waals surface area contributed by atoms with Crippen molar-refractivity contribution in [3.05, 3.63) is 48.0 Å². The molecule has 0 aliphatic carbocycles. The summed E-state index contributed by atoms with van der Waals surface area (Å²) in [4.78, 5) is 26.0. The topological polar surface area (TPSA) is 61.4 Å². The van der Waals surface area contributed by atoms with Crippen molar-refractivity contribution < 1.29 is 9.18 Å². The van der Waals surface area contributed by atoms with Gasteiger partial charge in [-0.05, 0) is 18.9 Å². The number of piperidine rings is 1. The van der Waals surface area contributed by atoms with E-state index in [2.05, 4.69) is 25.1 Å². The molecule has 1 aromatic heterocycles. The third kappa shape index (κ3) is 4.98. The maximum absolute atomic E-state index is 13.7. The molecule has 1 amide bonds. The largest absolute Gasteiger partial charge is 0.369 e. The number of nitrogens with one attached hydrogen (secondary N) is 1. The molecule has 0 radical (unpaired) electrons. The second-order valence-electron chi connectivity index (χ2n) is 7.41. The van der Waals surface area contributed by atoms with Crippen molar-refractivity contribution in [2.24, 2.45) is 5.92 Å². The molecule has 2 saturated heterocycles. The number of aromatic nitrogens is 2. The van der Waals surface area contributed by atoms with Crippen molar-refractivity contribution in [1.82, 2.24) is 15.3 Å². The predicted molar refractivity (Wildman–Crippen MR) is 115 cm³/mol. The van der Waals surface area contributed by atoms with Gasteiger partial charge in [-0.1, -0.05) is 18.2 Å². The number of rotatable bonds is 5. The molecule has 2 aliphatic rings. The van der Waals surface area contributed by atoms with Gasteiger partial charge in [0.2, 0.25) is 11.9 Å². The Bertz CT molecular complexity index is 820.